The van der Waals surface area contributed by atoms with Gasteiger partial charge in [-0.1, -0.05) is 96.5 Å². The maximum atomic E-state index is 6.39. The van der Waals surface area contributed by atoms with Crippen LogP contribution in [0.4, 0.5) is 0 Å². The Balaban J connectivity index is 1.10. The summed E-state index contributed by atoms with van der Waals surface area (Å²) in [5.74, 6) is 1.93. The topological polar surface area (TPSA) is 51.8 Å². The van der Waals surface area contributed by atoms with Crippen LogP contribution < -0.4 is 0 Å². The fraction of sp³-hybridized carbons (Fsp3) is 0. The molecule has 3 heterocycles. The van der Waals surface area contributed by atoms with Crippen LogP contribution in [0.15, 0.2) is 150 Å². The van der Waals surface area contributed by atoms with Crippen molar-refractivity contribution in [2.24, 2.45) is 0 Å². The van der Waals surface area contributed by atoms with Crippen molar-refractivity contribution in [3.05, 3.63) is 151 Å². The van der Waals surface area contributed by atoms with Gasteiger partial charge < -0.3 is 4.42 Å². The molecule has 0 bridgehead atoms. The van der Waals surface area contributed by atoms with Gasteiger partial charge in [-0.2, -0.15) is 0 Å². The quantitative estimate of drug-likeness (QED) is 0.188. The van der Waals surface area contributed by atoms with E-state index in [2.05, 4.69) is 84.9 Å². The van der Waals surface area contributed by atoms with Gasteiger partial charge in [-0.15, -0.1) is 11.3 Å². The number of rotatable bonds is 4. The Kier molecular flexibility index (Phi) is 6.38. The Morgan fingerprint density at radius 3 is 1.96 bits per heavy atom. The molecule has 230 valence electrons. The number of thiophene rings is 1. The summed E-state index contributed by atoms with van der Waals surface area (Å²) >= 11 is 8.20. The Morgan fingerprint density at radius 1 is 0.449 bits per heavy atom. The third kappa shape index (κ3) is 4.78. The van der Waals surface area contributed by atoms with Gasteiger partial charge in [0.25, 0.3) is 0 Å². The molecule has 0 atom stereocenters. The summed E-state index contributed by atoms with van der Waals surface area (Å²) in [7, 11) is 0. The van der Waals surface area contributed by atoms with Gasteiger partial charge >= 0.3 is 0 Å². The van der Waals surface area contributed by atoms with Crippen molar-refractivity contribution in [2.75, 3.05) is 0 Å². The highest BCUT2D eigenvalue weighted by Gasteiger charge is 2.16. The molecule has 0 saturated carbocycles. The third-order valence-corrected chi connectivity index (χ3v) is 10.6. The zero-order chi connectivity index (χ0) is 32.5. The van der Waals surface area contributed by atoms with Crippen molar-refractivity contribution >= 4 is 75.8 Å². The number of fused-ring (bicyclic) bond motifs is 7. The zero-order valence-electron chi connectivity index (χ0n) is 25.9. The third-order valence-electron chi connectivity index (χ3n) is 9.17. The second-order valence-corrected chi connectivity index (χ2v) is 13.7. The number of benzene rings is 7. The largest absolute Gasteiger partial charge is 0.456 e. The van der Waals surface area contributed by atoms with E-state index in [9.17, 15) is 0 Å². The number of halogens is 1. The minimum absolute atomic E-state index is 0.636. The molecule has 7 aromatic carbocycles. The number of hydrogen-bond donors (Lipinski definition) is 0. The number of nitrogens with zero attached hydrogens (tertiary/aromatic N) is 3. The van der Waals surface area contributed by atoms with Crippen molar-refractivity contribution < 1.29 is 4.42 Å². The van der Waals surface area contributed by atoms with Crippen molar-refractivity contribution in [3.63, 3.8) is 0 Å². The van der Waals surface area contributed by atoms with Crippen LogP contribution in [0.25, 0.3) is 98.2 Å². The normalized spacial score (nSPS) is 11.8. The minimum atomic E-state index is 0.636. The lowest BCUT2D eigenvalue weighted by Gasteiger charge is -2.10. The molecule has 0 N–H and O–H groups in total. The molecule has 10 rings (SSSR count). The standard InChI is InChI=1S/C43H24ClN3OS/c44-31-18-19-36-35(24-31)40-32(10-6-11-37(40)48-36)28-15-13-27-22-29(16-14-26(27)21-28)42-45-41(25-7-2-1-3-8-25)46-43(47-42)30-17-20-39-34(23-30)33-9-4-5-12-38(33)49-39/h1-24H. The Morgan fingerprint density at radius 2 is 1.12 bits per heavy atom. The molecule has 0 aliphatic rings. The van der Waals surface area contributed by atoms with Gasteiger partial charge in [0, 0.05) is 52.7 Å². The summed E-state index contributed by atoms with van der Waals surface area (Å²) in [5.41, 5.74) is 6.73. The zero-order valence-corrected chi connectivity index (χ0v) is 27.5. The number of hydrogen-bond acceptors (Lipinski definition) is 5. The fourth-order valence-electron chi connectivity index (χ4n) is 6.81. The van der Waals surface area contributed by atoms with Crippen molar-refractivity contribution in [1.29, 1.82) is 0 Å². The van der Waals surface area contributed by atoms with Crippen LogP contribution in [0.2, 0.25) is 5.02 Å². The predicted octanol–water partition coefficient (Wildman–Crippen LogP) is 12.6. The van der Waals surface area contributed by atoms with Crippen molar-refractivity contribution in [1.82, 2.24) is 15.0 Å². The van der Waals surface area contributed by atoms with Crippen LogP contribution in [0.5, 0.6) is 0 Å². The molecule has 3 aromatic heterocycles. The highest BCUT2D eigenvalue weighted by molar-refractivity contribution is 7.25. The first kappa shape index (κ1) is 28.2. The van der Waals surface area contributed by atoms with Gasteiger partial charge in [-0.05, 0) is 82.6 Å². The molecule has 0 fully saturated rings. The predicted molar refractivity (Wildman–Crippen MR) is 204 cm³/mol. The van der Waals surface area contributed by atoms with Crippen LogP contribution in [0, 0.1) is 0 Å². The van der Waals surface area contributed by atoms with Gasteiger partial charge in [0.05, 0.1) is 0 Å². The van der Waals surface area contributed by atoms with E-state index in [0.29, 0.717) is 22.5 Å². The molecule has 6 heteroatoms. The SMILES string of the molecule is Clc1ccc2oc3cccc(-c4ccc5cc(-c6nc(-c7ccccc7)nc(-c7ccc8sc9ccccc9c8c7)n6)ccc5c4)c3c2c1. The average molecular weight is 666 g/mol. The average Bonchev–Trinajstić information content (AvgIpc) is 3.72. The van der Waals surface area contributed by atoms with E-state index in [1.54, 1.807) is 11.3 Å². The summed E-state index contributed by atoms with van der Waals surface area (Å²) in [6.07, 6.45) is 0. The minimum Gasteiger partial charge on any atom is -0.456 e. The van der Waals surface area contributed by atoms with Crippen molar-refractivity contribution in [3.8, 4) is 45.3 Å². The molecule has 0 amide bonds. The molecule has 0 radical (unpaired) electrons. The summed E-state index contributed by atoms with van der Waals surface area (Å²) in [6.45, 7) is 0. The molecule has 10 aromatic rings. The molecule has 4 nitrogen and oxygen atoms in total. The van der Waals surface area contributed by atoms with Crippen LogP contribution in [-0.2, 0) is 0 Å². The summed E-state index contributed by atoms with van der Waals surface area (Å²) < 4.78 is 8.68. The van der Waals surface area contributed by atoms with E-state index in [1.807, 2.05) is 60.7 Å². The van der Waals surface area contributed by atoms with E-state index in [4.69, 9.17) is 31.0 Å². The second-order valence-electron chi connectivity index (χ2n) is 12.2. The first-order chi connectivity index (χ1) is 24.1. The lowest BCUT2D eigenvalue weighted by atomic mass is 9.96. The van der Waals surface area contributed by atoms with E-state index in [0.717, 1.165) is 60.5 Å². The smallest absolute Gasteiger partial charge is 0.164 e. The van der Waals surface area contributed by atoms with Gasteiger partial charge in [0.15, 0.2) is 17.5 Å². The molecule has 0 unspecified atom stereocenters. The van der Waals surface area contributed by atoms with Crippen LogP contribution in [0.1, 0.15) is 0 Å². The van der Waals surface area contributed by atoms with Gasteiger partial charge in [0.1, 0.15) is 11.2 Å². The Labute approximate surface area is 289 Å². The maximum Gasteiger partial charge on any atom is 0.164 e. The Bertz CT molecular complexity index is 2910. The van der Waals surface area contributed by atoms with Crippen LogP contribution in [-0.4, -0.2) is 15.0 Å². The molecule has 0 spiro atoms. The van der Waals surface area contributed by atoms with Crippen molar-refractivity contribution in [2.45, 2.75) is 0 Å². The van der Waals surface area contributed by atoms with Crippen LogP contribution >= 0.6 is 22.9 Å². The molecular weight excluding hydrogens is 642 g/mol. The number of aromatic nitrogens is 3. The molecular formula is C43H24ClN3OS. The molecule has 0 aliphatic carbocycles. The maximum absolute atomic E-state index is 6.39. The summed E-state index contributed by atoms with van der Waals surface area (Å²) in [5, 5.41) is 7.45. The monoisotopic (exact) mass is 665 g/mol. The van der Waals surface area contributed by atoms with E-state index >= 15 is 0 Å². The highest BCUT2D eigenvalue weighted by atomic mass is 35.5. The Hall–Kier alpha value is -5.88. The lowest BCUT2D eigenvalue weighted by molar-refractivity contribution is 0.669. The first-order valence-electron chi connectivity index (χ1n) is 16.0. The molecule has 0 aliphatic heterocycles. The van der Waals surface area contributed by atoms with E-state index in [1.165, 1.54) is 20.2 Å². The fourth-order valence-corrected chi connectivity index (χ4v) is 8.07. The molecule has 0 saturated heterocycles. The summed E-state index contributed by atoms with van der Waals surface area (Å²) in [4.78, 5) is 15.1. The summed E-state index contributed by atoms with van der Waals surface area (Å²) in [6, 6.07) is 50.1. The first-order valence-corrected chi connectivity index (χ1v) is 17.2. The van der Waals surface area contributed by atoms with Gasteiger partial charge in [-0.25, -0.2) is 15.0 Å². The van der Waals surface area contributed by atoms with Gasteiger partial charge in [0.2, 0.25) is 0 Å². The van der Waals surface area contributed by atoms with Crippen LogP contribution in [0.3, 0.4) is 0 Å². The number of furan rings is 1. The molecule has 49 heavy (non-hydrogen) atoms. The van der Waals surface area contributed by atoms with E-state index < -0.39 is 0 Å². The van der Waals surface area contributed by atoms with Gasteiger partial charge in [-0.3, -0.25) is 0 Å². The second kappa shape index (κ2) is 11.1. The lowest BCUT2D eigenvalue weighted by Crippen LogP contribution is -2.00. The highest BCUT2D eigenvalue weighted by Crippen LogP contribution is 2.39. The van der Waals surface area contributed by atoms with E-state index in [-0.39, 0.29) is 0 Å².